The number of carbonyl (C=O) groups is 1. The summed E-state index contributed by atoms with van der Waals surface area (Å²) in [6, 6.07) is 0.131. The Morgan fingerprint density at radius 3 is 3.00 bits per heavy atom. The van der Waals surface area contributed by atoms with Crippen molar-refractivity contribution in [1.29, 1.82) is 0 Å². The van der Waals surface area contributed by atoms with Crippen LogP contribution in [-0.4, -0.2) is 38.4 Å². The minimum atomic E-state index is 0.0239. The summed E-state index contributed by atoms with van der Waals surface area (Å²) in [6.45, 7) is 0.705. The fourth-order valence-corrected chi connectivity index (χ4v) is 2.46. The van der Waals surface area contributed by atoms with E-state index in [4.69, 9.17) is 0 Å². The molecule has 1 fully saturated rings. The fourth-order valence-electron chi connectivity index (χ4n) is 2.46. The van der Waals surface area contributed by atoms with E-state index in [1.165, 1.54) is 6.33 Å². The van der Waals surface area contributed by atoms with Gasteiger partial charge in [-0.25, -0.2) is 4.98 Å². The van der Waals surface area contributed by atoms with Gasteiger partial charge in [-0.1, -0.05) is 12.8 Å². The van der Waals surface area contributed by atoms with Gasteiger partial charge in [-0.15, -0.1) is 0 Å². The number of hydrogen-bond acceptors (Lipinski definition) is 4. The molecule has 1 saturated carbocycles. The van der Waals surface area contributed by atoms with Crippen LogP contribution in [0.5, 0.6) is 0 Å². The molecule has 0 saturated heterocycles. The Bertz CT molecular complexity index is 366. The minimum absolute atomic E-state index is 0.0239. The highest BCUT2D eigenvalue weighted by atomic mass is 16.3. The van der Waals surface area contributed by atoms with Gasteiger partial charge in [0, 0.05) is 25.0 Å². The summed E-state index contributed by atoms with van der Waals surface area (Å²) in [4.78, 5) is 15.6. The van der Waals surface area contributed by atoms with Gasteiger partial charge >= 0.3 is 0 Å². The van der Waals surface area contributed by atoms with E-state index in [9.17, 15) is 9.90 Å². The third kappa shape index (κ3) is 3.53. The zero-order chi connectivity index (χ0) is 12.8. The van der Waals surface area contributed by atoms with E-state index in [2.05, 4.69) is 15.4 Å². The second-order valence-electron chi connectivity index (χ2n) is 4.81. The molecule has 1 aromatic rings. The summed E-state index contributed by atoms with van der Waals surface area (Å²) in [6.07, 6.45) is 7.72. The highest BCUT2D eigenvalue weighted by Crippen LogP contribution is 2.23. The van der Waals surface area contributed by atoms with E-state index in [0.29, 0.717) is 13.0 Å². The van der Waals surface area contributed by atoms with Crippen LogP contribution in [0.4, 0.5) is 0 Å². The molecule has 0 bridgehead atoms. The number of nitrogens with one attached hydrogen (secondary N) is 1. The average Bonchev–Trinajstić information content (AvgIpc) is 2.90. The maximum atomic E-state index is 11.8. The Labute approximate surface area is 106 Å². The summed E-state index contributed by atoms with van der Waals surface area (Å²) in [5.41, 5.74) is 0. The van der Waals surface area contributed by atoms with Gasteiger partial charge in [-0.2, -0.15) is 5.10 Å². The Hall–Kier alpha value is -1.43. The Kier molecular flexibility index (Phi) is 4.69. The van der Waals surface area contributed by atoms with Gasteiger partial charge in [0.2, 0.25) is 5.91 Å². The van der Waals surface area contributed by atoms with E-state index in [-0.39, 0.29) is 24.5 Å². The van der Waals surface area contributed by atoms with Gasteiger partial charge in [-0.3, -0.25) is 9.48 Å². The molecule has 0 radical (unpaired) electrons. The Morgan fingerprint density at radius 1 is 1.44 bits per heavy atom. The van der Waals surface area contributed by atoms with Crippen molar-refractivity contribution in [3.8, 4) is 0 Å². The quantitative estimate of drug-likeness (QED) is 0.791. The lowest BCUT2D eigenvalue weighted by atomic mass is 9.85. The van der Waals surface area contributed by atoms with Crippen LogP contribution >= 0.6 is 0 Å². The second kappa shape index (κ2) is 6.49. The molecule has 2 rings (SSSR count). The van der Waals surface area contributed by atoms with E-state index in [0.717, 1.165) is 25.7 Å². The van der Waals surface area contributed by atoms with Crippen molar-refractivity contribution < 1.29 is 9.90 Å². The highest BCUT2D eigenvalue weighted by molar-refractivity contribution is 5.76. The van der Waals surface area contributed by atoms with Crippen molar-refractivity contribution in [1.82, 2.24) is 20.1 Å². The molecule has 2 N–H and O–H groups in total. The van der Waals surface area contributed by atoms with Crippen LogP contribution in [0.3, 0.4) is 0 Å². The van der Waals surface area contributed by atoms with Crippen molar-refractivity contribution in [3.63, 3.8) is 0 Å². The third-order valence-electron chi connectivity index (χ3n) is 3.52. The molecular weight excluding hydrogens is 232 g/mol. The highest BCUT2D eigenvalue weighted by Gasteiger charge is 2.25. The second-order valence-corrected chi connectivity index (χ2v) is 4.81. The first-order chi connectivity index (χ1) is 8.79. The predicted octanol–water partition coefficient (Wildman–Crippen LogP) is 0.335. The summed E-state index contributed by atoms with van der Waals surface area (Å²) >= 11 is 0. The maximum Gasteiger partial charge on any atom is 0.222 e. The van der Waals surface area contributed by atoms with Crippen molar-refractivity contribution in [2.24, 2.45) is 5.92 Å². The first-order valence-electron chi connectivity index (χ1n) is 6.52. The number of hydrogen-bond donors (Lipinski definition) is 2. The molecule has 100 valence electrons. The number of nitrogens with zero attached hydrogens (tertiary/aromatic N) is 3. The Balaban J connectivity index is 1.75. The van der Waals surface area contributed by atoms with E-state index in [1.54, 1.807) is 11.0 Å². The van der Waals surface area contributed by atoms with E-state index < -0.39 is 0 Å². The monoisotopic (exact) mass is 252 g/mol. The Morgan fingerprint density at radius 2 is 2.28 bits per heavy atom. The molecule has 1 aliphatic carbocycles. The maximum absolute atomic E-state index is 11.8. The molecule has 6 heteroatoms. The molecule has 2 atom stereocenters. The van der Waals surface area contributed by atoms with Crippen LogP contribution in [0, 0.1) is 5.92 Å². The van der Waals surface area contributed by atoms with Gasteiger partial charge < -0.3 is 10.4 Å². The molecule has 6 nitrogen and oxygen atoms in total. The normalized spacial score (nSPS) is 23.8. The number of aliphatic hydroxyl groups excluding tert-OH is 1. The summed E-state index contributed by atoms with van der Waals surface area (Å²) in [5.74, 6) is 0.241. The molecular formula is C12H20N4O2. The zero-order valence-electron chi connectivity index (χ0n) is 10.5. The molecule has 1 amide bonds. The standard InChI is InChI=1S/C12H20N4O2/c17-7-10-3-1-2-4-11(10)15-12(18)5-6-16-9-13-8-14-16/h8-11,17H,1-7H2,(H,15,18). The lowest BCUT2D eigenvalue weighted by molar-refractivity contribution is -0.122. The zero-order valence-corrected chi connectivity index (χ0v) is 10.5. The van der Waals surface area contributed by atoms with Crippen LogP contribution in [-0.2, 0) is 11.3 Å². The van der Waals surface area contributed by atoms with Gasteiger partial charge in [-0.05, 0) is 12.8 Å². The number of aliphatic hydroxyl groups is 1. The number of rotatable bonds is 5. The van der Waals surface area contributed by atoms with Gasteiger partial charge in [0.15, 0.2) is 0 Å². The number of amides is 1. The smallest absolute Gasteiger partial charge is 0.222 e. The lowest BCUT2D eigenvalue weighted by Gasteiger charge is -2.30. The number of aromatic nitrogens is 3. The SMILES string of the molecule is O=C(CCn1cncn1)NC1CCCCC1CO. The van der Waals surface area contributed by atoms with Crippen LogP contribution in [0.2, 0.25) is 0 Å². The first kappa shape index (κ1) is 13.0. The summed E-state index contributed by atoms with van der Waals surface area (Å²) in [5, 5.41) is 16.3. The van der Waals surface area contributed by atoms with Crippen LogP contribution in [0.1, 0.15) is 32.1 Å². The molecule has 1 heterocycles. The van der Waals surface area contributed by atoms with Gasteiger partial charge in [0.05, 0.1) is 6.54 Å². The van der Waals surface area contributed by atoms with E-state index in [1.807, 2.05) is 0 Å². The van der Waals surface area contributed by atoms with Crippen molar-refractivity contribution in [2.45, 2.75) is 44.7 Å². The van der Waals surface area contributed by atoms with Crippen molar-refractivity contribution in [3.05, 3.63) is 12.7 Å². The third-order valence-corrected chi connectivity index (χ3v) is 3.52. The molecule has 0 spiro atoms. The topological polar surface area (TPSA) is 80.0 Å². The number of aryl methyl sites for hydroxylation is 1. The fraction of sp³-hybridized carbons (Fsp3) is 0.750. The molecule has 2 unspecified atom stereocenters. The van der Waals surface area contributed by atoms with Crippen LogP contribution in [0.25, 0.3) is 0 Å². The molecule has 1 aliphatic rings. The number of carbonyl (C=O) groups excluding carboxylic acids is 1. The van der Waals surface area contributed by atoms with Crippen molar-refractivity contribution in [2.75, 3.05) is 6.61 Å². The summed E-state index contributed by atoms with van der Waals surface area (Å²) < 4.78 is 1.64. The first-order valence-corrected chi connectivity index (χ1v) is 6.52. The lowest BCUT2D eigenvalue weighted by Crippen LogP contribution is -2.43. The average molecular weight is 252 g/mol. The molecule has 0 aliphatic heterocycles. The van der Waals surface area contributed by atoms with Crippen LogP contribution < -0.4 is 5.32 Å². The summed E-state index contributed by atoms with van der Waals surface area (Å²) in [7, 11) is 0. The molecule has 0 aromatic carbocycles. The van der Waals surface area contributed by atoms with Crippen LogP contribution in [0.15, 0.2) is 12.7 Å². The largest absolute Gasteiger partial charge is 0.396 e. The molecule has 1 aromatic heterocycles. The van der Waals surface area contributed by atoms with Gasteiger partial charge in [0.25, 0.3) is 0 Å². The minimum Gasteiger partial charge on any atom is -0.396 e. The predicted molar refractivity (Wildman–Crippen MR) is 65.6 cm³/mol. The van der Waals surface area contributed by atoms with Gasteiger partial charge in [0.1, 0.15) is 12.7 Å². The van der Waals surface area contributed by atoms with Crippen molar-refractivity contribution >= 4 is 5.91 Å². The molecule has 18 heavy (non-hydrogen) atoms. The van der Waals surface area contributed by atoms with E-state index >= 15 is 0 Å².